The molecular formula is C18H15N7O3. The van der Waals surface area contributed by atoms with E-state index in [9.17, 15) is 14.9 Å². The summed E-state index contributed by atoms with van der Waals surface area (Å²) in [6.07, 6.45) is 3.26. The van der Waals surface area contributed by atoms with Gasteiger partial charge in [0.1, 0.15) is 6.04 Å². The molecule has 1 aromatic carbocycles. The van der Waals surface area contributed by atoms with E-state index < -0.39 is 16.9 Å². The molecule has 1 aliphatic rings. The number of nitrogens with one attached hydrogen (secondary N) is 1. The Kier molecular flexibility index (Phi) is 4.07. The summed E-state index contributed by atoms with van der Waals surface area (Å²) in [6.45, 7) is 1.70. The molecule has 2 aromatic heterocycles. The van der Waals surface area contributed by atoms with Gasteiger partial charge in [-0.05, 0) is 24.6 Å². The number of hydrogen-bond donors (Lipinski definition) is 2. The predicted molar refractivity (Wildman–Crippen MR) is 100 cm³/mol. The second-order valence-electron chi connectivity index (χ2n) is 6.23. The molecule has 0 fully saturated rings. The number of carbonyl (C=O) groups excluding carboxylic acids is 1. The smallest absolute Gasteiger partial charge is 0.269 e. The number of nitro benzene ring substituents is 1. The maximum atomic E-state index is 12.2. The molecule has 140 valence electrons. The van der Waals surface area contributed by atoms with E-state index in [4.69, 9.17) is 5.73 Å². The molecule has 0 saturated carbocycles. The van der Waals surface area contributed by atoms with Gasteiger partial charge in [0, 0.05) is 35.8 Å². The second-order valence-corrected chi connectivity index (χ2v) is 6.23. The average Bonchev–Trinajstić information content (AvgIpc) is 3.11. The van der Waals surface area contributed by atoms with Gasteiger partial charge < -0.3 is 11.1 Å². The summed E-state index contributed by atoms with van der Waals surface area (Å²) in [5.74, 6) is 0.160. The van der Waals surface area contributed by atoms with Crippen molar-refractivity contribution >= 4 is 17.5 Å². The van der Waals surface area contributed by atoms with Gasteiger partial charge in [0.05, 0.1) is 10.5 Å². The number of allylic oxidation sites excluding steroid dienone is 1. The Morgan fingerprint density at radius 1 is 1.32 bits per heavy atom. The van der Waals surface area contributed by atoms with Crippen molar-refractivity contribution in [3.63, 3.8) is 0 Å². The standard InChI is InChI=1S/C18H15N7O3/c1-10-14(16(19)26)15(11-4-2-6-13(8-11)25(27)28)24-18(21-10)22-17(23-24)12-5-3-7-20-9-12/h2-9,15H,1H3,(H2,19,26)(H,21,22,23). The summed E-state index contributed by atoms with van der Waals surface area (Å²) in [5.41, 5.74) is 7.50. The number of fused-ring (bicyclic) bond motifs is 1. The molecule has 3 N–H and O–H groups in total. The van der Waals surface area contributed by atoms with Crippen molar-refractivity contribution in [2.45, 2.75) is 13.0 Å². The largest absolute Gasteiger partial charge is 0.366 e. The number of non-ortho nitro benzene ring substituents is 1. The van der Waals surface area contributed by atoms with Gasteiger partial charge in [0.25, 0.3) is 5.69 Å². The number of nitrogens with zero attached hydrogens (tertiary/aromatic N) is 5. The molecule has 1 aliphatic heterocycles. The highest BCUT2D eigenvalue weighted by Gasteiger charge is 2.34. The zero-order valence-corrected chi connectivity index (χ0v) is 14.7. The van der Waals surface area contributed by atoms with Gasteiger partial charge in [-0.1, -0.05) is 12.1 Å². The monoisotopic (exact) mass is 377 g/mol. The molecule has 1 amide bonds. The first kappa shape index (κ1) is 17.3. The summed E-state index contributed by atoms with van der Waals surface area (Å²) in [5, 5.41) is 18.7. The lowest BCUT2D eigenvalue weighted by molar-refractivity contribution is -0.384. The van der Waals surface area contributed by atoms with Crippen molar-refractivity contribution in [3.05, 3.63) is 75.7 Å². The Bertz CT molecular complexity index is 1120. The van der Waals surface area contributed by atoms with E-state index in [0.29, 0.717) is 28.6 Å². The molecule has 0 radical (unpaired) electrons. The number of anilines is 1. The molecule has 0 spiro atoms. The van der Waals surface area contributed by atoms with E-state index in [0.717, 1.165) is 0 Å². The lowest BCUT2D eigenvalue weighted by Crippen LogP contribution is -2.31. The lowest BCUT2D eigenvalue weighted by atomic mass is 9.95. The summed E-state index contributed by atoms with van der Waals surface area (Å²) in [6, 6.07) is 8.86. The quantitative estimate of drug-likeness (QED) is 0.523. The van der Waals surface area contributed by atoms with Crippen LogP contribution in [0.15, 0.2) is 60.1 Å². The minimum absolute atomic E-state index is 0.0911. The van der Waals surface area contributed by atoms with Crippen molar-refractivity contribution < 1.29 is 9.72 Å². The molecule has 0 saturated heterocycles. The number of nitro groups is 1. The van der Waals surface area contributed by atoms with Crippen LogP contribution < -0.4 is 11.1 Å². The second kappa shape index (κ2) is 6.58. The molecule has 3 aromatic rings. The van der Waals surface area contributed by atoms with Crippen LogP contribution in [0.4, 0.5) is 11.6 Å². The molecule has 10 heteroatoms. The topological polar surface area (TPSA) is 142 Å². The molecule has 0 aliphatic carbocycles. The normalized spacial score (nSPS) is 15.7. The van der Waals surface area contributed by atoms with Crippen molar-refractivity contribution in [1.82, 2.24) is 19.7 Å². The van der Waals surface area contributed by atoms with Crippen LogP contribution in [0.1, 0.15) is 18.5 Å². The van der Waals surface area contributed by atoms with Gasteiger partial charge in [0.15, 0.2) is 5.82 Å². The fraction of sp³-hybridized carbons (Fsp3) is 0.111. The van der Waals surface area contributed by atoms with Crippen LogP contribution in [0.3, 0.4) is 0 Å². The van der Waals surface area contributed by atoms with Crippen LogP contribution >= 0.6 is 0 Å². The highest BCUT2D eigenvalue weighted by Crippen LogP contribution is 2.36. The number of benzene rings is 1. The lowest BCUT2D eigenvalue weighted by Gasteiger charge is -2.27. The molecule has 4 rings (SSSR count). The molecule has 10 nitrogen and oxygen atoms in total. The van der Waals surface area contributed by atoms with E-state index in [1.54, 1.807) is 37.5 Å². The Hall–Kier alpha value is -4.08. The van der Waals surface area contributed by atoms with E-state index in [1.807, 2.05) is 6.07 Å². The fourth-order valence-electron chi connectivity index (χ4n) is 3.20. The first-order chi connectivity index (χ1) is 13.5. The SMILES string of the molecule is CC1=C(C(N)=O)C(c2cccc([N+](=O)[O-])c2)n2nc(-c3cccnc3)nc2N1. The van der Waals surface area contributed by atoms with E-state index in [2.05, 4.69) is 20.4 Å². The van der Waals surface area contributed by atoms with Crippen molar-refractivity contribution in [2.75, 3.05) is 5.32 Å². The van der Waals surface area contributed by atoms with Crippen LogP contribution in [0.2, 0.25) is 0 Å². The summed E-state index contributed by atoms with van der Waals surface area (Å²) >= 11 is 0. The van der Waals surface area contributed by atoms with Crippen LogP contribution in [-0.4, -0.2) is 30.6 Å². The first-order valence-corrected chi connectivity index (χ1v) is 8.34. The molecule has 28 heavy (non-hydrogen) atoms. The average molecular weight is 377 g/mol. The Balaban J connectivity index is 1.90. The van der Waals surface area contributed by atoms with Crippen molar-refractivity contribution in [1.29, 1.82) is 0 Å². The number of aromatic nitrogens is 4. The third-order valence-electron chi connectivity index (χ3n) is 4.43. The van der Waals surface area contributed by atoms with Gasteiger partial charge in [-0.25, -0.2) is 4.68 Å². The van der Waals surface area contributed by atoms with Crippen LogP contribution in [0.25, 0.3) is 11.4 Å². The predicted octanol–water partition coefficient (Wildman–Crippen LogP) is 2.02. The summed E-state index contributed by atoms with van der Waals surface area (Å²) < 4.78 is 1.51. The summed E-state index contributed by atoms with van der Waals surface area (Å²) in [7, 11) is 0. The molecule has 0 bridgehead atoms. The number of primary amides is 1. The van der Waals surface area contributed by atoms with E-state index in [1.165, 1.54) is 16.8 Å². The number of pyridine rings is 1. The molecular weight excluding hydrogens is 362 g/mol. The number of nitrogens with two attached hydrogens (primary N) is 1. The van der Waals surface area contributed by atoms with Gasteiger partial charge in [-0.3, -0.25) is 19.9 Å². The van der Waals surface area contributed by atoms with Crippen molar-refractivity contribution in [3.8, 4) is 11.4 Å². The third-order valence-corrected chi connectivity index (χ3v) is 4.43. The summed E-state index contributed by atoms with van der Waals surface area (Å²) in [4.78, 5) is 31.4. The van der Waals surface area contributed by atoms with E-state index >= 15 is 0 Å². The minimum atomic E-state index is -0.744. The highest BCUT2D eigenvalue weighted by atomic mass is 16.6. The maximum Gasteiger partial charge on any atom is 0.269 e. The third kappa shape index (κ3) is 2.86. The number of hydrogen-bond acceptors (Lipinski definition) is 7. The minimum Gasteiger partial charge on any atom is -0.366 e. The zero-order valence-electron chi connectivity index (χ0n) is 14.7. The van der Waals surface area contributed by atoms with Crippen LogP contribution in [0.5, 0.6) is 0 Å². The van der Waals surface area contributed by atoms with E-state index in [-0.39, 0.29) is 11.3 Å². The Morgan fingerprint density at radius 3 is 2.82 bits per heavy atom. The van der Waals surface area contributed by atoms with Crippen LogP contribution in [0, 0.1) is 10.1 Å². The van der Waals surface area contributed by atoms with Crippen molar-refractivity contribution in [2.24, 2.45) is 5.73 Å². The van der Waals surface area contributed by atoms with Gasteiger partial charge >= 0.3 is 0 Å². The number of amides is 1. The number of carbonyl (C=O) groups is 1. The zero-order chi connectivity index (χ0) is 19.8. The Labute approximate surface area is 158 Å². The molecule has 1 unspecified atom stereocenters. The first-order valence-electron chi connectivity index (χ1n) is 8.34. The molecule has 1 atom stereocenters. The van der Waals surface area contributed by atoms with Crippen LogP contribution in [-0.2, 0) is 4.79 Å². The number of rotatable bonds is 4. The van der Waals surface area contributed by atoms with Gasteiger partial charge in [-0.2, -0.15) is 4.98 Å². The van der Waals surface area contributed by atoms with Gasteiger partial charge in [-0.15, -0.1) is 5.10 Å². The van der Waals surface area contributed by atoms with Gasteiger partial charge in [0.2, 0.25) is 11.9 Å². The highest BCUT2D eigenvalue weighted by molar-refractivity contribution is 5.95. The Morgan fingerprint density at radius 2 is 2.14 bits per heavy atom. The molecule has 3 heterocycles. The maximum absolute atomic E-state index is 12.2. The fourth-order valence-corrected chi connectivity index (χ4v) is 3.20.